The molecule has 144 valence electrons. The minimum Gasteiger partial charge on any atom is -0.349 e. The number of pyridine rings is 1. The van der Waals surface area contributed by atoms with Gasteiger partial charge in [0.25, 0.3) is 11.8 Å². The van der Waals surface area contributed by atoms with Crippen molar-refractivity contribution in [3.05, 3.63) is 80.8 Å². The van der Waals surface area contributed by atoms with Crippen LogP contribution in [0.5, 0.6) is 0 Å². The van der Waals surface area contributed by atoms with Gasteiger partial charge in [0.05, 0.1) is 10.6 Å². The number of aromatic nitrogens is 1. The number of anilines is 1. The molecule has 2 heterocycles. The third-order valence-corrected chi connectivity index (χ3v) is 5.30. The number of benzene rings is 1. The van der Waals surface area contributed by atoms with Gasteiger partial charge in [-0.1, -0.05) is 17.7 Å². The lowest BCUT2D eigenvalue weighted by Crippen LogP contribution is -2.34. The Morgan fingerprint density at radius 2 is 2.04 bits per heavy atom. The third-order valence-electron chi connectivity index (χ3n) is 4.26. The molecule has 0 aliphatic heterocycles. The predicted octanol–water partition coefficient (Wildman–Crippen LogP) is 4.72. The SMILES string of the molecule is Cc1ccc(C(=O)NC(C)Cc2ccsc2)cc1NC(=O)c1ccncc1Cl. The summed E-state index contributed by atoms with van der Waals surface area (Å²) in [6, 6.07) is 8.83. The predicted molar refractivity (Wildman–Crippen MR) is 113 cm³/mol. The van der Waals surface area contributed by atoms with Crippen LogP contribution < -0.4 is 10.6 Å². The summed E-state index contributed by atoms with van der Waals surface area (Å²) in [4.78, 5) is 29.0. The monoisotopic (exact) mass is 413 g/mol. The summed E-state index contributed by atoms with van der Waals surface area (Å²) in [5.41, 5.74) is 3.43. The van der Waals surface area contributed by atoms with Crippen LogP contribution in [0.1, 0.15) is 38.8 Å². The molecule has 3 rings (SSSR count). The van der Waals surface area contributed by atoms with Crippen LogP contribution in [0.4, 0.5) is 5.69 Å². The van der Waals surface area contributed by atoms with Crippen molar-refractivity contribution in [2.45, 2.75) is 26.3 Å². The van der Waals surface area contributed by atoms with Crippen molar-refractivity contribution in [3.8, 4) is 0 Å². The van der Waals surface area contributed by atoms with E-state index in [0.717, 1.165) is 12.0 Å². The third kappa shape index (κ3) is 4.97. The number of rotatable bonds is 6. The molecular formula is C21H20ClN3O2S. The van der Waals surface area contributed by atoms with Crippen LogP contribution in [0.3, 0.4) is 0 Å². The van der Waals surface area contributed by atoms with Crippen molar-refractivity contribution in [2.24, 2.45) is 0 Å². The first-order valence-electron chi connectivity index (χ1n) is 8.77. The van der Waals surface area contributed by atoms with Gasteiger partial charge in [-0.05, 0) is 66.4 Å². The Balaban J connectivity index is 1.71. The number of carbonyl (C=O) groups is 2. The molecule has 1 aromatic carbocycles. The van der Waals surface area contributed by atoms with E-state index in [1.807, 2.05) is 25.3 Å². The first kappa shape index (κ1) is 20.0. The van der Waals surface area contributed by atoms with Gasteiger partial charge in [0.1, 0.15) is 0 Å². The van der Waals surface area contributed by atoms with E-state index in [1.165, 1.54) is 18.0 Å². The fourth-order valence-corrected chi connectivity index (χ4v) is 3.65. The maximum Gasteiger partial charge on any atom is 0.257 e. The van der Waals surface area contributed by atoms with Crippen molar-refractivity contribution in [3.63, 3.8) is 0 Å². The van der Waals surface area contributed by atoms with Crippen molar-refractivity contribution >= 4 is 40.4 Å². The average Bonchev–Trinajstić information content (AvgIpc) is 3.16. The Labute approximate surface area is 172 Å². The van der Waals surface area contributed by atoms with Gasteiger partial charge in [-0.15, -0.1) is 0 Å². The molecule has 0 aliphatic rings. The highest BCUT2D eigenvalue weighted by Gasteiger charge is 2.15. The molecule has 1 atom stereocenters. The summed E-state index contributed by atoms with van der Waals surface area (Å²) < 4.78 is 0. The molecule has 2 amide bonds. The number of halogens is 1. The second-order valence-corrected chi connectivity index (χ2v) is 7.74. The van der Waals surface area contributed by atoms with Gasteiger partial charge in [0, 0.05) is 29.7 Å². The molecule has 0 saturated heterocycles. The summed E-state index contributed by atoms with van der Waals surface area (Å²) in [6.45, 7) is 3.84. The second kappa shape index (κ2) is 8.99. The molecule has 28 heavy (non-hydrogen) atoms. The van der Waals surface area contributed by atoms with Crippen molar-refractivity contribution in [2.75, 3.05) is 5.32 Å². The zero-order valence-electron chi connectivity index (χ0n) is 15.5. The fourth-order valence-electron chi connectivity index (χ4n) is 2.77. The lowest BCUT2D eigenvalue weighted by molar-refractivity contribution is 0.0939. The summed E-state index contributed by atoms with van der Waals surface area (Å²) in [5, 5.41) is 10.2. The molecule has 7 heteroatoms. The van der Waals surface area contributed by atoms with E-state index in [9.17, 15) is 9.59 Å². The molecule has 0 spiro atoms. The molecule has 3 aromatic rings. The van der Waals surface area contributed by atoms with Crippen LogP contribution in [-0.2, 0) is 6.42 Å². The minimum atomic E-state index is -0.348. The normalized spacial score (nSPS) is 11.7. The van der Waals surface area contributed by atoms with Gasteiger partial charge in [-0.25, -0.2) is 0 Å². The molecule has 2 N–H and O–H groups in total. The van der Waals surface area contributed by atoms with Crippen LogP contribution in [0.2, 0.25) is 5.02 Å². The van der Waals surface area contributed by atoms with Crippen molar-refractivity contribution < 1.29 is 9.59 Å². The maximum absolute atomic E-state index is 12.6. The van der Waals surface area contributed by atoms with E-state index in [2.05, 4.69) is 27.1 Å². The number of hydrogen-bond acceptors (Lipinski definition) is 4. The summed E-state index contributed by atoms with van der Waals surface area (Å²) in [6.07, 6.45) is 3.69. The zero-order chi connectivity index (χ0) is 20.1. The largest absolute Gasteiger partial charge is 0.349 e. The van der Waals surface area contributed by atoms with E-state index in [-0.39, 0.29) is 22.9 Å². The van der Waals surface area contributed by atoms with Gasteiger partial charge in [-0.2, -0.15) is 11.3 Å². The number of hydrogen-bond donors (Lipinski definition) is 2. The molecule has 0 radical (unpaired) electrons. The van der Waals surface area contributed by atoms with Gasteiger partial charge in [0.2, 0.25) is 0 Å². The Morgan fingerprint density at radius 3 is 2.75 bits per heavy atom. The van der Waals surface area contributed by atoms with E-state index in [0.29, 0.717) is 16.8 Å². The molecule has 2 aromatic heterocycles. The second-order valence-electron chi connectivity index (χ2n) is 6.55. The van der Waals surface area contributed by atoms with E-state index < -0.39 is 0 Å². The van der Waals surface area contributed by atoms with Gasteiger partial charge in [-0.3, -0.25) is 14.6 Å². The highest BCUT2D eigenvalue weighted by Crippen LogP contribution is 2.20. The Morgan fingerprint density at radius 1 is 1.21 bits per heavy atom. The van der Waals surface area contributed by atoms with Gasteiger partial charge in [0.15, 0.2) is 0 Å². The van der Waals surface area contributed by atoms with Crippen LogP contribution in [0, 0.1) is 6.92 Å². The lowest BCUT2D eigenvalue weighted by Gasteiger charge is -2.15. The molecule has 0 bridgehead atoms. The van der Waals surface area contributed by atoms with Crippen LogP contribution in [0.25, 0.3) is 0 Å². The lowest BCUT2D eigenvalue weighted by atomic mass is 10.1. The smallest absolute Gasteiger partial charge is 0.257 e. The standard InChI is InChI=1S/C21H20ClN3O2S/c1-13-3-4-16(20(26)24-14(2)9-15-6-8-28-12-15)10-19(13)25-21(27)17-5-7-23-11-18(17)22/h3-8,10-12,14H,9H2,1-2H3,(H,24,26)(H,25,27). The summed E-state index contributed by atoms with van der Waals surface area (Å²) >= 11 is 7.67. The zero-order valence-corrected chi connectivity index (χ0v) is 17.1. The average molecular weight is 414 g/mol. The first-order chi connectivity index (χ1) is 13.4. The van der Waals surface area contributed by atoms with Gasteiger partial charge >= 0.3 is 0 Å². The van der Waals surface area contributed by atoms with Crippen molar-refractivity contribution in [1.29, 1.82) is 0 Å². The Hall–Kier alpha value is -2.70. The number of carbonyl (C=O) groups excluding carboxylic acids is 2. The van der Waals surface area contributed by atoms with Crippen LogP contribution in [0.15, 0.2) is 53.5 Å². The van der Waals surface area contributed by atoms with E-state index in [4.69, 9.17) is 11.6 Å². The maximum atomic E-state index is 12.6. The highest BCUT2D eigenvalue weighted by molar-refractivity contribution is 7.07. The number of amides is 2. The van der Waals surface area contributed by atoms with E-state index in [1.54, 1.807) is 29.5 Å². The highest BCUT2D eigenvalue weighted by atomic mass is 35.5. The minimum absolute atomic E-state index is 0.00271. The fraction of sp³-hybridized carbons (Fsp3) is 0.190. The topological polar surface area (TPSA) is 71.1 Å². The molecule has 0 saturated carbocycles. The van der Waals surface area contributed by atoms with Crippen molar-refractivity contribution in [1.82, 2.24) is 10.3 Å². The number of aryl methyl sites for hydroxylation is 1. The molecule has 5 nitrogen and oxygen atoms in total. The number of nitrogens with zero attached hydrogens (tertiary/aromatic N) is 1. The number of thiophene rings is 1. The van der Waals surface area contributed by atoms with Gasteiger partial charge < -0.3 is 10.6 Å². The first-order valence-corrected chi connectivity index (χ1v) is 10.1. The Bertz CT molecular complexity index is 989. The molecule has 1 unspecified atom stereocenters. The van der Waals surface area contributed by atoms with Crippen LogP contribution in [-0.4, -0.2) is 22.8 Å². The van der Waals surface area contributed by atoms with Crippen LogP contribution >= 0.6 is 22.9 Å². The molecule has 0 aliphatic carbocycles. The molecular weight excluding hydrogens is 394 g/mol. The Kier molecular flexibility index (Phi) is 6.44. The summed E-state index contributed by atoms with van der Waals surface area (Å²) in [7, 11) is 0. The quantitative estimate of drug-likeness (QED) is 0.614. The van der Waals surface area contributed by atoms with E-state index >= 15 is 0 Å². The number of nitrogens with one attached hydrogen (secondary N) is 2. The molecule has 0 fully saturated rings. The summed E-state index contributed by atoms with van der Waals surface area (Å²) in [5.74, 6) is -0.529.